The highest BCUT2D eigenvalue weighted by molar-refractivity contribution is 6.31. The Hall–Kier alpha value is -0.610. The van der Waals surface area contributed by atoms with E-state index in [-0.39, 0.29) is 12.6 Å². The number of hydrogen-bond acceptors (Lipinski definition) is 3. The van der Waals surface area contributed by atoms with Crippen molar-refractivity contribution in [3.63, 3.8) is 0 Å². The lowest BCUT2D eigenvalue weighted by atomic mass is 10.0. The van der Waals surface area contributed by atoms with Crippen molar-refractivity contribution in [2.24, 2.45) is 0 Å². The highest BCUT2D eigenvalue weighted by Crippen LogP contribution is 2.25. The Bertz CT molecular complexity index is 398. The van der Waals surface area contributed by atoms with Crippen molar-refractivity contribution in [2.45, 2.75) is 45.7 Å². The van der Waals surface area contributed by atoms with Gasteiger partial charge in [0.2, 0.25) is 0 Å². The van der Waals surface area contributed by atoms with Crippen molar-refractivity contribution < 1.29 is 5.11 Å². The summed E-state index contributed by atoms with van der Waals surface area (Å²) in [5, 5.41) is 13.6. The molecule has 0 fully saturated rings. The van der Waals surface area contributed by atoms with Crippen LogP contribution in [0.25, 0.3) is 0 Å². The zero-order valence-corrected chi connectivity index (χ0v) is 14.2. The molecule has 0 saturated carbocycles. The molecule has 1 aromatic carbocycles. The summed E-state index contributed by atoms with van der Waals surface area (Å²) in [6.45, 7) is 9.36. The van der Waals surface area contributed by atoms with Gasteiger partial charge in [0, 0.05) is 30.2 Å². The molecule has 0 saturated heterocycles. The highest BCUT2D eigenvalue weighted by Gasteiger charge is 2.16. The van der Waals surface area contributed by atoms with Gasteiger partial charge in [0.05, 0.1) is 6.61 Å². The third-order valence-electron chi connectivity index (χ3n) is 3.74. The Labute approximate surface area is 134 Å². The van der Waals surface area contributed by atoms with Crippen molar-refractivity contribution >= 4 is 11.6 Å². The molecular formula is C17H29ClN2O. The van der Waals surface area contributed by atoms with Gasteiger partial charge in [0.1, 0.15) is 0 Å². The first-order valence-electron chi connectivity index (χ1n) is 7.92. The van der Waals surface area contributed by atoms with E-state index in [1.165, 1.54) is 5.56 Å². The molecule has 120 valence electrons. The third-order valence-corrected chi connectivity index (χ3v) is 4.09. The monoisotopic (exact) mass is 312 g/mol. The SMILES string of the molecule is CCCNC(CCN(CCO)C(C)C)c1ccccc1Cl. The fourth-order valence-electron chi connectivity index (χ4n) is 2.50. The number of aliphatic hydroxyl groups is 1. The molecule has 0 aliphatic rings. The van der Waals surface area contributed by atoms with Crippen LogP contribution in [0.4, 0.5) is 0 Å². The quantitative estimate of drug-likeness (QED) is 0.694. The molecule has 2 N–H and O–H groups in total. The van der Waals surface area contributed by atoms with Gasteiger partial charge >= 0.3 is 0 Å². The minimum absolute atomic E-state index is 0.206. The number of nitrogens with zero attached hydrogens (tertiary/aromatic N) is 1. The number of hydrogen-bond donors (Lipinski definition) is 2. The van der Waals surface area contributed by atoms with Gasteiger partial charge in [-0.2, -0.15) is 0 Å². The smallest absolute Gasteiger partial charge is 0.0558 e. The summed E-state index contributed by atoms with van der Waals surface area (Å²) in [5.74, 6) is 0. The van der Waals surface area contributed by atoms with Crippen molar-refractivity contribution in [1.29, 1.82) is 0 Å². The maximum absolute atomic E-state index is 9.17. The Morgan fingerprint density at radius 3 is 2.52 bits per heavy atom. The Morgan fingerprint density at radius 1 is 1.24 bits per heavy atom. The first-order chi connectivity index (χ1) is 10.1. The predicted molar refractivity (Wildman–Crippen MR) is 90.9 cm³/mol. The molecule has 0 aliphatic heterocycles. The second kappa shape index (κ2) is 10.2. The van der Waals surface area contributed by atoms with Crippen molar-refractivity contribution in [1.82, 2.24) is 10.2 Å². The minimum Gasteiger partial charge on any atom is -0.395 e. The first-order valence-corrected chi connectivity index (χ1v) is 8.30. The summed E-state index contributed by atoms with van der Waals surface area (Å²) < 4.78 is 0. The highest BCUT2D eigenvalue weighted by atomic mass is 35.5. The minimum atomic E-state index is 0.206. The van der Waals surface area contributed by atoms with E-state index < -0.39 is 0 Å². The van der Waals surface area contributed by atoms with E-state index in [1.807, 2.05) is 18.2 Å². The van der Waals surface area contributed by atoms with Gasteiger partial charge < -0.3 is 10.4 Å². The lowest BCUT2D eigenvalue weighted by Crippen LogP contribution is -2.36. The van der Waals surface area contributed by atoms with E-state index in [0.717, 1.165) is 37.5 Å². The Morgan fingerprint density at radius 2 is 1.95 bits per heavy atom. The fourth-order valence-corrected chi connectivity index (χ4v) is 2.76. The molecule has 0 amide bonds. The summed E-state index contributed by atoms with van der Waals surface area (Å²) in [4.78, 5) is 2.30. The van der Waals surface area contributed by atoms with E-state index in [1.54, 1.807) is 0 Å². The second-order valence-electron chi connectivity index (χ2n) is 5.67. The average Bonchev–Trinajstić information content (AvgIpc) is 2.47. The summed E-state index contributed by atoms with van der Waals surface area (Å²) in [6.07, 6.45) is 2.09. The number of aliphatic hydroxyl groups excluding tert-OH is 1. The number of nitrogens with one attached hydrogen (secondary N) is 1. The van der Waals surface area contributed by atoms with Crippen molar-refractivity contribution in [3.05, 3.63) is 34.9 Å². The molecule has 21 heavy (non-hydrogen) atoms. The maximum Gasteiger partial charge on any atom is 0.0558 e. The third kappa shape index (κ3) is 6.35. The van der Waals surface area contributed by atoms with Crippen molar-refractivity contribution in [3.8, 4) is 0 Å². The molecule has 0 radical (unpaired) electrons. The molecule has 0 spiro atoms. The van der Waals surface area contributed by atoms with E-state index in [9.17, 15) is 5.11 Å². The first kappa shape index (κ1) is 18.4. The topological polar surface area (TPSA) is 35.5 Å². The van der Waals surface area contributed by atoms with Gasteiger partial charge in [-0.25, -0.2) is 0 Å². The maximum atomic E-state index is 9.17. The number of rotatable bonds is 10. The van der Waals surface area contributed by atoms with Gasteiger partial charge in [0.25, 0.3) is 0 Å². The second-order valence-corrected chi connectivity index (χ2v) is 6.08. The molecule has 0 heterocycles. The summed E-state index contributed by atoms with van der Waals surface area (Å²) >= 11 is 6.34. The molecule has 0 bridgehead atoms. The molecule has 0 aromatic heterocycles. The van der Waals surface area contributed by atoms with Crippen LogP contribution < -0.4 is 5.32 Å². The van der Waals surface area contributed by atoms with E-state index in [2.05, 4.69) is 37.1 Å². The van der Waals surface area contributed by atoms with Crippen LogP contribution in [0.3, 0.4) is 0 Å². The number of benzene rings is 1. The van der Waals surface area contributed by atoms with Crippen molar-refractivity contribution in [2.75, 3.05) is 26.2 Å². The van der Waals surface area contributed by atoms with Crippen LogP contribution in [0, 0.1) is 0 Å². The summed E-state index contributed by atoms with van der Waals surface area (Å²) in [7, 11) is 0. The largest absolute Gasteiger partial charge is 0.395 e. The van der Waals surface area contributed by atoms with Crippen LogP contribution in [-0.4, -0.2) is 42.3 Å². The zero-order chi connectivity index (χ0) is 15.7. The molecule has 3 nitrogen and oxygen atoms in total. The lowest BCUT2D eigenvalue weighted by molar-refractivity contribution is 0.159. The zero-order valence-electron chi connectivity index (χ0n) is 13.5. The molecule has 1 aromatic rings. The Kier molecular flexibility index (Phi) is 8.93. The van der Waals surface area contributed by atoms with Crippen LogP contribution in [-0.2, 0) is 0 Å². The lowest BCUT2D eigenvalue weighted by Gasteiger charge is -2.28. The molecule has 0 aliphatic carbocycles. The predicted octanol–water partition coefficient (Wildman–Crippen LogP) is 3.47. The van der Waals surface area contributed by atoms with Gasteiger partial charge in [-0.3, -0.25) is 4.90 Å². The summed E-state index contributed by atoms with van der Waals surface area (Å²) in [6, 6.07) is 8.76. The normalized spacial score (nSPS) is 13.1. The van der Waals surface area contributed by atoms with Crippen LogP contribution in [0.5, 0.6) is 0 Å². The average molecular weight is 313 g/mol. The molecule has 1 unspecified atom stereocenters. The molecule has 1 atom stereocenters. The van der Waals surface area contributed by atoms with Crippen LogP contribution in [0.1, 0.15) is 45.2 Å². The van der Waals surface area contributed by atoms with Gasteiger partial charge in [-0.1, -0.05) is 36.7 Å². The molecule has 1 rings (SSSR count). The van der Waals surface area contributed by atoms with Crippen LogP contribution >= 0.6 is 11.6 Å². The van der Waals surface area contributed by atoms with Gasteiger partial charge in [-0.15, -0.1) is 0 Å². The van der Waals surface area contributed by atoms with E-state index in [0.29, 0.717) is 6.04 Å². The van der Waals surface area contributed by atoms with E-state index >= 15 is 0 Å². The van der Waals surface area contributed by atoms with E-state index in [4.69, 9.17) is 11.6 Å². The summed E-state index contributed by atoms with van der Waals surface area (Å²) in [5.41, 5.74) is 1.17. The molecule has 4 heteroatoms. The Balaban J connectivity index is 2.72. The number of halogens is 1. The van der Waals surface area contributed by atoms with Gasteiger partial charge in [-0.05, 0) is 44.9 Å². The molecular weight excluding hydrogens is 284 g/mol. The van der Waals surface area contributed by atoms with Crippen LogP contribution in [0.15, 0.2) is 24.3 Å². The van der Waals surface area contributed by atoms with Gasteiger partial charge in [0.15, 0.2) is 0 Å². The van der Waals surface area contributed by atoms with Crippen LogP contribution in [0.2, 0.25) is 5.02 Å². The standard InChI is InChI=1S/C17H29ClN2O/c1-4-10-19-17(15-7-5-6-8-16(15)18)9-11-20(12-13-21)14(2)3/h5-8,14,17,19,21H,4,9-13H2,1-3H3. The fraction of sp³-hybridized carbons (Fsp3) is 0.647.